The maximum absolute atomic E-state index is 11.4. The minimum absolute atomic E-state index is 0.118. The van der Waals surface area contributed by atoms with Gasteiger partial charge in [0.1, 0.15) is 0 Å². The molecule has 7 nitrogen and oxygen atoms in total. The van der Waals surface area contributed by atoms with Gasteiger partial charge in [-0.05, 0) is 12.1 Å². The lowest BCUT2D eigenvalue weighted by molar-refractivity contribution is -0.130. The van der Waals surface area contributed by atoms with Crippen LogP contribution in [0, 0.1) is 0 Å². The van der Waals surface area contributed by atoms with E-state index in [-0.39, 0.29) is 11.5 Å². The Bertz CT molecular complexity index is 748. The van der Waals surface area contributed by atoms with Gasteiger partial charge < -0.3 is 10.0 Å². The van der Waals surface area contributed by atoms with E-state index in [0.29, 0.717) is 5.69 Å². The van der Waals surface area contributed by atoms with Crippen LogP contribution in [-0.2, 0) is 11.3 Å². The van der Waals surface area contributed by atoms with Crippen molar-refractivity contribution in [3.05, 3.63) is 47.8 Å². The maximum Gasteiger partial charge on any atom is 0.337 e. The van der Waals surface area contributed by atoms with E-state index in [2.05, 4.69) is 10.00 Å². The standard InChI is InChI=1S/C17H20N4O3/c1-13(22)20-8-6-19(7-9-20)11-14-10-18-21(12-14)16-5-3-2-4-15(16)17(23)24/h2-5,10,12H,6-9,11H2,1H3,(H,23,24). The number of rotatable bonds is 4. The number of aromatic nitrogens is 2. The molecule has 1 aliphatic heterocycles. The SMILES string of the molecule is CC(=O)N1CCN(Cc2cnn(-c3ccccc3C(=O)O)c2)CC1. The Morgan fingerprint density at radius 2 is 1.88 bits per heavy atom. The molecule has 1 aromatic heterocycles. The van der Waals surface area contributed by atoms with Gasteiger partial charge in [0.15, 0.2) is 0 Å². The van der Waals surface area contributed by atoms with E-state index in [4.69, 9.17) is 0 Å². The molecule has 0 atom stereocenters. The molecule has 1 aliphatic rings. The fraction of sp³-hybridized carbons (Fsp3) is 0.353. The molecule has 1 N–H and O–H groups in total. The normalized spacial score (nSPS) is 15.5. The number of benzene rings is 1. The first-order chi connectivity index (χ1) is 11.5. The lowest BCUT2D eigenvalue weighted by Crippen LogP contribution is -2.47. The van der Waals surface area contributed by atoms with Crippen LogP contribution in [0.1, 0.15) is 22.8 Å². The van der Waals surface area contributed by atoms with Crippen molar-refractivity contribution in [2.75, 3.05) is 26.2 Å². The summed E-state index contributed by atoms with van der Waals surface area (Å²) in [5.41, 5.74) is 1.80. The predicted octanol–water partition coefficient (Wildman–Crippen LogP) is 1.23. The van der Waals surface area contributed by atoms with Gasteiger partial charge in [0, 0.05) is 51.4 Å². The van der Waals surface area contributed by atoms with E-state index < -0.39 is 5.97 Å². The molecular formula is C17H20N4O3. The molecule has 1 amide bonds. The summed E-state index contributed by atoms with van der Waals surface area (Å²) in [6, 6.07) is 6.81. The largest absolute Gasteiger partial charge is 0.478 e. The van der Waals surface area contributed by atoms with Crippen molar-refractivity contribution in [1.29, 1.82) is 0 Å². The summed E-state index contributed by atoms with van der Waals surface area (Å²) in [5, 5.41) is 13.6. The number of carbonyl (C=O) groups excluding carboxylic acids is 1. The van der Waals surface area contributed by atoms with E-state index in [1.807, 2.05) is 11.1 Å². The van der Waals surface area contributed by atoms with Crippen LogP contribution >= 0.6 is 0 Å². The van der Waals surface area contributed by atoms with Gasteiger partial charge in [0.25, 0.3) is 0 Å². The van der Waals surface area contributed by atoms with Gasteiger partial charge in [-0.15, -0.1) is 0 Å². The first-order valence-corrected chi connectivity index (χ1v) is 7.88. The summed E-state index contributed by atoms with van der Waals surface area (Å²) in [7, 11) is 0. The van der Waals surface area contributed by atoms with E-state index in [0.717, 1.165) is 38.3 Å². The van der Waals surface area contributed by atoms with Crippen molar-refractivity contribution >= 4 is 11.9 Å². The van der Waals surface area contributed by atoms with E-state index >= 15 is 0 Å². The number of piperazine rings is 1. The van der Waals surface area contributed by atoms with Crippen LogP contribution in [0.4, 0.5) is 0 Å². The van der Waals surface area contributed by atoms with Crippen molar-refractivity contribution in [2.24, 2.45) is 0 Å². The number of aromatic carboxylic acids is 1. The minimum Gasteiger partial charge on any atom is -0.478 e. The molecule has 24 heavy (non-hydrogen) atoms. The second-order valence-electron chi connectivity index (χ2n) is 5.90. The number of hydrogen-bond acceptors (Lipinski definition) is 4. The number of amides is 1. The van der Waals surface area contributed by atoms with Gasteiger partial charge >= 0.3 is 5.97 Å². The monoisotopic (exact) mass is 328 g/mol. The quantitative estimate of drug-likeness (QED) is 0.913. The second-order valence-corrected chi connectivity index (χ2v) is 5.90. The number of carboxylic acids is 1. The summed E-state index contributed by atoms with van der Waals surface area (Å²) in [5.74, 6) is -0.851. The smallest absolute Gasteiger partial charge is 0.337 e. The molecule has 7 heteroatoms. The zero-order valence-corrected chi connectivity index (χ0v) is 13.6. The van der Waals surface area contributed by atoms with E-state index in [9.17, 15) is 14.7 Å². The van der Waals surface area contributed by atoms with Crippen molar-refractivity contribution in [2.45, 2.75) is 13.5 Å². The highest BCUT2D eigenvalue weighted by Crippen LogP contribution is 2.16. The van der Waals surface area contributed by atoms with Gasteiger partial charge in [-0.1, -0.05) is 12.1 Å². The fourth-order valence-corrected chi connectivity index (χ4v) is 2.91. The fourth-order valence-electron chi connectivity index (χ4n) is 2.91. The van der Waals surface area contributed by atoms with Crippen molar-refractivity contribution in [3.63, 3.8) is 0 Å². The summed E-state index contributed by atoms with van der Waals surface area (Å²) < 4.78 is 1.60. The molecule has 0 saturated carbocycles. The third-order valence-corrected chi connectivity index (χ3v) is 4.24. The molecule has 3 rings (SSSR count). The highest BCUT2D eigenvalue weighted by Gasteiger charge is 2.19. The van der Waals surface area contributed by atoms with Crippen molar-refractivity contribution in [1.82, 2.24) is 19.6 Å². The maximum atomic E-state index is 11.4. The molecular weight excluding hydrogens is 308 g/mol. The Hall–Kier alpha value is -2.67. The Morgan fingerprint density at radius 1 is 1.17 bits per heavy atom. The number of nitrogens with zero attached hydrogens (tertiary/aromatic N) is 4. The average molecular weight is 328 g/mol. The summed E-state index contributed by atoms with van der Waals surface area (Å²) in [6.07, 6.45) is 3.62. The van der Waals surface area contributed by atoms with E-state index in [1.165, 1.54) is 0 Å². The number of hydrogen-bond donors (Lipinski definition) is 1. The second kappa shape index (κ2) is 6.84. The lowest BCUT2D eigenvalue weighted by Gasteiger charge is -2.33. The van der Waals surface area contributed by atoms with Crippen LogP contribution in [0.15, 0.2) is 36.7 Å². The van der Waals surface area contributed by atoms with Crippen LogP contribution in [0.25, 0.3) is 5.69 Å². The highest BCUT2D eigenvalue weighted by atomic mass is 16.4. The minimum atomic E-state index is -0.969. The van der Waals surface area contributed by atoms with Gasteiger partial charge in [-0.2, -0.15) is 5.10 Å². The molecule has 2 aromatic rings. The van der Waals surface area contributed by atoms with Gasteiger partial charge in [-0.3, -0.25) is 9.69 Å². The van der Waals surface area contributed by atoms with Crippen LogP contribution < -0.4 is 0 Å². The third kappa shape index (κ3) is 3.46. The molecule has 0 aliphatic carbocycles. The van der Waals surface area contributed by atoms with Crippen molar-refractivity contribution in [3.8, 4) is 5.69 Å². The first kappa shape index (κ1) is 16.2. The molecule has 1 saturated heterocycles. The Balaban J connectivity index is 1.69. The van der Waals surface area contributed by atoms with Gasteiger partial charge in [0.2, 0.25) is 5.91 Å². The molecule has 0 unspecified atom stereocenters. The molecule has 126 valence electrons. The zero-order chi connectivity index (χ0) is 17.1. The van der Waals surface area contributed by atoms with Crippen LogP contribution in [0.2, 0.25) is 0 Å². The topological polar surface area (TPSA) is 78.7 Å². The zero-order valence-electron chi connectivity index (χ0n) is 13.6. The van der Waals surface area contributed by atoms with Gasteiger partial charge in [0.05, 0.1) is 17.4 Å². The van der Waals surface area contributed by atoms with Gasteiger partial charge in [-0.25, -0.2) is 9.48 Å². The molecule has 0 spiro atoms. The molecule has 1 fully saturated rings. The van der Waals surface area contributed by atoms with Crippen LogP contribution in [-0.4, -0.2) is 62.7 Å². The Morgan fingerprint density at radius 3 is 2.54 bits per heavy atom. The highest BCUT2D eigenvalue weighted by molar-refractivity contribution is 5.91. The molecule has 1 aromatic carbocycles. The van der Waals surface area contributed by atoms with Crippen molar-refractivity contribution < 1.29 is 14.7 Å². The Kier molecular flexibility index (Phi) is 4.61. The molecule has 0 bridgehead atoms. The number of carbonyl (C=O) groups is 2. The lowest BCUT2D eigenvalue weighted by atomic mass is 10.2. The predicted molar refractivity (Wildman–Crippen MR) is 88.1 cm³/mol. The Labute approximate surface area is 140 Å². The number of para-hydroxylation sites is 1. The van der Waals surface area contributed by atoms with Crippen LogP contribution in [0.3, 0.4) is 0 Å². The third-order valence-electron chi connectivity index (χ3n) is 4.24. The summed E-state index contributed by atoms with van der Waals surface area (Å²) in [6.45, 7) is 5.48. The summed E-state index contributed by atoms with van der Waals surface area (Å²) in [4.78, 5) is 26.8. The van der Waals surface area contributed by atoms with Crippen LogP contribution in [0.5, 0.6) is 0 Å². The summed E-state index contributed by atoms with van der Waals surface area (Å²) >= 11 is 0. The number of carboxylic acid groups (broad SMARTS) is 1. The first-order valence-electron chi connectivity index (χ1n) is 7.88. The van der Waals surface area contributed by atoms with E-state index in [1.54, 1.807) is 42.1 Å². The molecule has 2 heterocycles. The average Bonchev–Trinajstić information content (AvgIpc) is 3.03. The molecule has 0 radical (unpaired) electrons.